The van der Waals surface area contributed by atoms with Gasteiger partial charge in [0, 0.05) is 31.9 Å². The number of piperazine rings is 1. The fourth-order valence-corrected chi connectivity index (χ4v) is 5.35. The zero-order chi connectivity index (χ0) is 24.1. The Morgan fingerprint density at radius 3 is 2.15 bits per heavy atom. The van der Waals surface area contributed by atoms with Gasteiger partial charge in [-0.2, -0.15) is 0 Å². The van der Waals surface area contributed by atoms with Crippen molar-refractivity contribution in [3.8, 4) is 5.75 Å². The number of amides is 1. The van der Waals surface area contributed by atoms with Crippen molar-refractivity contribution in [2.45, 2.75) is 4.90 Å². The van der Waals surface area contributed by atoms with Gasteiger partial charge in [0.15, 0.2) is 0 Å². The molecule has 0 aliphatic carbocycles. The molecule has 0 bridgehead atoms. The Morgan fingerprint density at radius 2 is 1.53 bits per heavy atom. The highest BCUT2D eigenvalue weighted by molar-refractivity contribution is 7.92. The minimum Gasteiger partial charge on any atom is -0.497 e. The monoisotopic (exact) mass is 483 g/mol. The van der Waals surface area contributed by atoms with Crippen molar-refractivity contribution in [3.63, 3.8) is 0 Å². The van der Waals surface area contributed by atoms with Crippen molar-refractivity contribution < 1.29 is 22.3 Å². The highest BCUT2D eigenvalue weighted by atomic mass is 32.2. The van der Waals surface area contributed by atoms with Crippen LogP contribution in [0.5, 0.6) is 5.75 Å². The maximum atomic E-state index is 14.6. The largest absolute Gasteiger partial charge is 0.497 e. The summed E-state index contributed by atoms with van der Waals surface area (Å²) in [6, 6.07) is 21.0. The maximum Gasteiger partial charge on any atom is 0.264 e. The van der Waals surface area contributed by atoms with Gasteiger partial charge in [-0.15, -0.1) is 0 Å². The molecule has 1 heterocycles. The molecule has 178 valence electrons. The number of methoxy groups -OCH3 is 1. The average molecular weight is 484 g/mol. The minimum absolute atomic E-state index is 0.00428. The first kappa shape index (κ1) is 23.6. The number of anilines is 2. The average Bonchev–Trinajstić information content (AvgIpc) is 2.88. The molecule has 1 fully saturated rings. The Balaban J connectivity index is 1.51. The molecule has 1 saturated heterocycles. The van der Waals surface area contributed by atoms with Crippen LogP contribution in [-0.2, 0) is 14.8 Å². The third-order valence-corrected chi connectivity index (χ3v) is 7.58. The van der Waals surface area contributed by atoms with Crippen LogP contribution in [-0.4, -0.2) is 59.1 Å². The van der Waals surface area contributed by atoms with Gasteiger partial charge in [0.1, 0.15) is 18.1 Å². The van der Waals surface area contributed by atoms with E-state index in [4.69, 9.17) is 4.74 Å². The second-order valence-corrected chi connectivity index (χ2v) is 9.70. The van der Waals surface area contributed by atoms with Crippen molar-refractivity contribution in [3.05, 3.63) is 84.7 Å². The van der Waals surface area contributed by atoms with E-state index in [-0.39, 0.29) is 16.5 Å². The van der Waals surface area contributed by atoms with Crippen molar-refractivity contribution in [1.29, 1.82) is 0 Å². The lowest BCUT2D eigenvalue weighted by Crippen LogP contribution is -2.52. The molecular weight excluding hydrogens is 457 g/mol. The number of halogens is 1. The lowest BCUT2D eigenvalue weighted by Gasteiger charge is -2.37. The molecule has 0 unspecified atom stereocenters. The second kappa shape index (κ2) is 10.1. The number of carbonyl (C=O) groups excluding carboxylic acids is 1. The fourth-order valence-electron chi connectivity index (χ4n) is 3.90. The molecule has 0 radical (unpaired) electrons. The zero-order valence-electron chi connectivity index (χ0n) is 18.8. The van der Waals surface area contributed by atoms with Crippen LogP contribution >= 0.6 is 0 Å². The number of para-hydroxylation sites is 1. The second-order valence-electron chi connectivity index (χ2n) is 7.84. The predicted molar refractivity (Wildman–Crippen MR) is 129 cm³/mol. The SMILES string of the molecule is COc1ccc(N2CCN(C(=O)CN(c3ccccc3F)S(=O)(=O)c3ccccc3)CC2)cc1. The van der Waals surface area contributed by atoms with Crippen LogP contribution in [0.3, 0.4) is 0 Å². The highest BCUT2D eigenvalue weighted by Crippen LogP contribution is 2.27. The molecule has 3 aromatic carbocycles. The predicted octanol–water partition coefficient (Wildman–Crippen LogP) is 3.38. The Morgan fingerprint density at radius 1 is 0.912 bits per heavy atom. The smallest absolute Gasteiger partial charge is 0.264 e. The van der Waals surface area contributed by atoms with E-state index in [9.17, 15) is 17.6 Å². The number of sulfonamides is 1. The molecule has 7 nitrogen and oxygen atoms in total. The van der Waals surface area contributed by atoms with Crippen LogP contribution in [0.2, 0.25) is 0 Å². The van der Waals surface area contributed by atoms with Crippen molar-refractivity contribution >= 4 is 27.3 Å². The first-order valence-electron chi connectivity index (χ1n) is 10.9. The maximum absolute atomic E-state index is 14.6. The molecule has 3 aromatic rings. The molecule has 0 saturated carbocycles. The van der Waals surface area contributed by atoms with E-state index in [1.165, 1.54) is 30.3 Å². The van der Waals surface area contributed by atoms with Crippen LogP contribution < -0.4 is 13.9 Å². The van der Waals surface area contributed by atoms with Gasteiger partial charge >= 0.3 is 0 Å². The molecule has 1 aliphatic heterocycles. The number of hydrogen-bond acceptors (Lipinski definition) is 5. The quantitative estimate of drug-likeness (QED) is 0.515. The lowest BCUT2D eigenvalue weighted by atomic mass is 10.2. The third-order valence-electron chi connectivity index (χ3n) is 5.80. The van der Waals surface area contributed by atoms with Gasteiger partial charge in [-0.05, 0) is 48.5 Å². The normalized spacial score (nSPS) is 14.1. The van der Waals surface area contributed by atoms with Crippen LogP contribution in [0.1, 0.15) is 0 Å². The molecule has 0 atom stereocenters. The first-order chi connectivity index (χ1) is 16.4. The topological polar surface area (TPSA) is 70.2 Å². The van der Waals surface area contributed by atoms with Gasteiger partial charge in [-0.3, -0.25) is 9.10 Å². The van der Waals surface area contributed by atoms with Gasteiger partial charge in [-0.1, -0.05) is 30.3 Å². The van der Waals surface area contributed by atoms with Crippen LogP contribution in [0.15, 0.2) is 83.8 Å². The molecule has 0 aromatic heterocycles. The number of ether oxygens (including phenoxy) is 1. The van der Waals surface area contributed by atoms with Crippen LogP contribution in [0.4, 0.5) is 15.8 Å². The fraction of sp³-hybridized carbons (Fsp3) is 0.240. The summed E-state index contributed by atoms with van der Waals surface area (Å²) < 4.78 is 47.4. The highest BCUT2D eigenvalue weighted by Gasteiger charge is 2.31. The first-order valence-corrected chi connectivity index (χ1v) is 12.3. The van der Waals surface area contributed by atoms with E-state index >= 15 is 0 Å². The van der Waals surface area contributed by atoms with Crippen molar-refractivity contribution in [1.82, 2.24) is 4.90 Å². The minimum atomic E-state index is -4.15. The molecule has 1 amide bonds. The number of benzene rings is 3. The molecule has 9 heteroatoms. The van der Waals surface area contributed by atoms with Crippen molar-refractivity contribution in [2.75, 3.05) is 49.0 Å². The van der Waals surface area contributed by atoms with Gasteiger partial charge < -0.3 is 14.5 Å². The molecule has 34 heavy (non-hydrogen) atoms. The van der Waals surface area contributed by atoms with Crippen LogP contribution in [0, 0.1) is 5.82 Å². The summed E-state index contributed by atoms with van der Waals surface area (Å²) in [5, 5.41) is 0. The number of rotatable bonds is 7. The lowest BCUT2D eigenvalue weighted by molar-refractivity contribution is -0.129. The van der Waals surface area contributed by atoms with Crippen molar-refractivity contribution in [2.24, 2.45) is 0 Å². The Bertz CT molecular complexity index is 1230. The van der Waals surface area contributed by atoms with E-state index < -0.39 is 22.4 Å². The third kappa shape index (κ3) is 4.99. The summed E-state index contributed by atoms with van der Waals surface area (Å²) in [4.78, 5) is 16.9. The summed E-state index contributed by atoms with van der Waals surface area (Å²) >= 11 is 0. The molecular formula is C25H26FN3O4S. The van der Waals surface area contributed by atoms with E-state index in [0.29, 0.717) is 26.2 Å². The van der Waals surface area contributed by atoms with Crippen LogP contribution in [0.25, 0.3) is 0 Å². The number of hydrogen-bond donors (Lipinski definition) is 0. The molecule has 4 rings (SSSR count). The summed E-state index contributed by atoms with van der Waals surface area (Å²) in [5.74, 6) is -0.318. The standard InChI is InChI=1S/C25H26FN3O4S/c1-33-21-13-11-20(12-14-21)27-15-17-28(18-16-27)25(30)19-29(24-10-6-5-9-23(24)26)34(31,32)22-7-3-2-4-8-22/h2-14H,15-19H2,1H3. The van der Waals surface area contributed by atoms with E-state index in [2.05, 4.69) is 4.90 Å². The van der Waals surface area contributed by atoms with E-state index in [1.54, 1.807) is 36.3 Å². The van der Waals surface area contributed by atoms with Gasteiger partial charge in [0.05, 0.1) is 17.7 Å². The van der Waals surface area contributed by atoms with E-state index in [0.717, 1.165) is 15.7 Å². The molecule has 1 aliphatic rings. The zero-order valence-corrected chi connectivity index (χ0v) is 19.6. The van der Waals surface area contributed by atoms with E-state index in [1.807, 2.05) is 24.3 Å². The van der Waals surface area contributed by atoms with Gasteiger partial charge in [0.2, 0.25) is 5.91 Å². The number of carbonyl (C=O) groups is 1. The Kier molecular flexibility index (Phi) is 7.02. The summed E-state index contributed by atoms with van der Waals surface area (Å²) in [6.07, 6.45) is 0. The van der Waals surface area contributed by atoms with Gasteiger partial charge in [0.25, 0.3) is 10.0 Å². The summed E-state index contributed by atoms with van der Waals surface area (Å²) in [5.41, 5.74) is 0.865. The summed E-state index contributed by atoms with van der Waals surface area (Å²) in [7, 11) is -2.53. The molecule has 0 spiro atoms. The Labute approximate surface area is 199 Å². The molecule has 0 N–H and O–H groups in total. The summed E-state index contributed by atoms with van der Waals surface area (Å²) in [6.45, 7) is 1.58. The number of nitrogens with zero attached hydrogens (tertiary/aromatic N) is 3. The Hall–Kier alpha value is -3.59. The van der Waals surface area contributed by atoms with Gasteiger partial charge in [-0.25, -0.2) is 12.8 Å².